The summed E-state index contributed by atoms with van der Waals surface area (Å²) in [7, 11) is -1.16. The van der Waals surface area contributed by atoms with Crippen LogP contribution in [0.1, 0.15) is 16.7 Å². The summed E-state index contributed by atoms with van der Waals surface area (Å²) in [4.78, 5) is 12.6. The molecule has 178 valence electrons. The van der Waals surface area contributed by atoms with Gasteiger partial charge in [-0.3, -0.25) is 4.79 Å². The van der Waals surface area contributed by atoms with Crippen LogP contribution >= 0.6 is 0 Å². The standard InChI is InChI=1S/C25H27N3O5S/c1-19-8-7-11-21(14-19)16-26-27-25(29)18-28(17-20-9-5-4-6-10-20)34(30,31)22-12-13-23(32-2)24(15-22)33-3/h4-16H,17-18H2,1-3H3,(H,27,29)/b26-16-. The zero-order valence-corrected chi connectivity index (χ0v) is 20.1. The van der Waals surface area contributed by atoms with Gasteiger partial charge in [-0.1, -0.05) is 60.2 Å². The normalized spacial score (nSPS) is 11.5. The Labute approximate surface area is 199 Å². The zero-order chi connectivity index (χ0) is 24.6. The summed E-state index contributed by atoms with van der Waals surface area (Å²) in [6, 6.07) is 21.0. The van der Waals surface area contributed by atoms with Crippen molar-refractivity contribution in [1.29, 1.82) is 0 Å². The van der Waals surface area contributed by atoms with E-state index in [1.54, 1.807) is 12.1 Å². The molecule has 0 bridgehead atoms. The van der Waals surface area contributed by atoms with Crippen molar-refractivity contribution < 1.29 is 22.7 Å². The van der Waals surface area contributed by atoms with Crippen molar-refractivity contribution >= 4 is 22.1 Å². The summed E-state index contributed by atoms with van der Waals surface area (Å²) in [5.74, 6) is 0.110. The molecule has 0 radical (unpaired) electrons. The molecule has 0 atom stereocenters. The average Bonchev–Trinajstić information content (AvgIpc) is 2.83. The van der Waals surface area contributed by atoms with Gasteiger partial charge in [0.1, 0.15) is 0 Å². The number of rotatable bonds is 10. The first-order valence-electron chi connectivity index (χ1n) is 10.5. The van der Waals surface area contributed by atoms with Gasteiger partial charge >= 0.3 is 0 Å². The minimum Gasteiger partial charge on any atom is -0.493 e. The first-order chi connectivity index (χ1) is 16.3. The number of aryl methyl sites for hydroxylation is 1. The molecule has 1 amide bonds. The Kier molecular flexibility index (Phi) is 8.39. The molecule has 0 aliphatic rings. The third-order valence-electron chi connectivity index (χ3n) is 4.96. The van der Waals surface area contributed by atoms with Crippen LogP contribution in [-0.2, 0) is 21.4 Å². The summed E-state index contributed by atoms with van der Waals surface area (Å²) in [5.41, 5.74) is 5.03. The predicted molar refractivity (Wildman–Crippen MR) is 130 cm³/mol. The number of hydrogen-bond acceptors (Lipinski definition) is 6. The number of methoxy groups -OCH3 is 2. The molecule has 0 saturated carbocycles. The van der Waals surface area contributed by atoms with Crippen molar-refractivity contribution in [1.82, 2.24) is 9.73 Å². The van der Waals surface area contributed by atoms with Gasteiger partial charge in [0.2, 0.25) is 10.0 Å². The van der Waals surface area contributed by atoms with Crippen molar-refractivity contribution in [2.24, 2.45) is 5.10 Å². The second-order valence-corrected chi connectivity index (χ2v) is 9.42. The van der Waals surface area contributed by atoms with Gasteiger partial charge in [0.15, 0.2) is 11.5 Å². The van der Waals surface area contributed by atoms with Crippen LogP contribution in [0.5, 0.6) is 11.5 Å². The molecule has 0 aromatic heterocycles. The first kappa shape index (κ1) is 24.9. The Bertz CT molecular complexity index is 1260. The summed E-state index contributed by atoms with van der Waals surface area (Å²) >= 11 is 0. The van der Waals surface area contributed by atoms with E-state index in [-0.39, 0.29) is 17.2 Å². The van der Waals surface area contributed by atoms with Gasteiger partial charge in [0.05, 0.1) is 31.9 Å². The number of hydrogen-bond donors (Lipinski definition) is 1. The largest absolute Gasteiger partial charge is 0.493 e. The maximum absolute atomic E-state index is 13.5. The van der Waals surface area contributed by atoms with E-state index in [0.717, 1.165) is 21.0 Å². The van der Waals surface area contributed by atoms with Crippen LogP contribution in [-0.4, -0.2) is 45.6 Å². The van der Waals surface area contributed by atoms with Crippen LogP contribution in [0.4, 0.5) is 0 Å². The first-order valence-corrected chi connectivity index (χ1v) is 11.9. The van der Waals surface area contributed by atoms with E-state index in [4.69, 9.17) is 9.47 Å². The van der Waals surface area contributed by atoms with E-state index in [9.17, 15) is 13.2 Å². The van der Waals surface area contributed by atoms with Crippen LogP contribution in [0.2, 0.25) is 0 Å². The fraction of sp³-hybridized carbons (Fsp3) is 0.200. The van der Waals surface area contributed by atoms with E-state index in [1.165, 1.54) is 38.6 Å². The maximum atomic E-state index is 13.5. The Morgan fingerprint density at radius 1 is 0.971 bits per heavy atom. The Balaban J connectivity index is 1.83. The Morgan fingerprint density at radius 3 is 2.38 bits per heavy atom. The number of carbonyl (C=O) groups excluding carboxylic acids is 1. The molecule has 3 aromatic rings. The average molecular weight is 482 g/mol. The maximum Gasteiger partial charge on any atom is 0.255 e. The number of benzene rings is 3. The van der Waals surface area contributed by atoms with Crippen molar-refractivity contribution in [2.75, 3.05) is 20.8 Å². The summed E-state index contributed by atoms with van der Waals surface area (Å²) in [6.07, 6.45) is 1.51. The highest BCUT2D eigenvalue weighted by atomic mass is 32.2. The molecule has 0 unspecified atom stereocenters. The highest BCUT2D eigenvalue weighted by Gasteiger charge is 2.28. The molecule has 0 fully saturated rings. The molecule has 0 saturated heterocycles. The molecule has 1 N–H and O–H groups in total. The lowest BCUT2D eigenvalue weighted by atomic mass is 10.2. The minimum atomic E-state index is -4.05. The Morgan fingerprint density at radius 2 is 1.71 bits per heavy atom. The molecule has 0 aliphatic heterocycles. The predicted octanol–water partition coefficient (Wildman–Crippen LogP) is 3.35. The quantitative estimate of drug-likeness (QED) is 0.354. The lowest BCUT2D eigenvalue weighted by Crippen LogP contribution is -2.39. The van der Waals surface area contributed by atoms with Crippen molar-refractivity contribution in [2.45, 2.75) is 18.4 Å². The van der Waals surface area contributed by atoms with Gasteiger partial charge in [0.25, 0.3) is 5.91 Å². The highest BCUT2D eigenvalue weighted by Crippen LogP contribution is 2.31. The summed E-state index contributed by atoms with van der Waals surface area (Å²) < 4.78 is 38.5. The number of sulfonamides is 1. The second kappa shape index (κ2) is 11.4. The van der Waals surface area contributed by atoms with Crippen molar-refractivity contribution in [3.63, 3.8) is 0 Å². The highest BCUT2D eigenvalue weighted by molar-refractivity contribution is 7.89. The lowest BCUT2D eigenvalue weighted by molar-refractivity contribution is -0.121. The van der Waals surface area contributed by atoms with Gasteiger partial charge in [0, 0.05) is 12.6 Å². The van der Waals surface area contributed by atoms with Gasteiger partial charge < -0.3 is 9.47 Å². The monoisotopic (exact) mass is 481 g/mol. The van der Waals surface area contributed by atoms with Crippen LogP contribution in [0.25, 0.3) is 0 Å². The molecular formula is C25H27N3O5S. The number of ether oxygens (including phenoxy) is 2. The summed E-state index contributed by atoms with van der Waals surface area (Å²) in [6.45, 7) is 1.54. The molecule has 9 heteroatoms. The fourth-order valence-electron chi connectivity index (χ4n) is 3.26. The van der Waals surface area contributed by atoms with E-state index in [1.807, 2.05) is 49.4 Å². The van der Waals surface area contributed by atoms with Crippen LogP contribution < -0.4 is 14.9 Å². The van der Waals surface area contributed by atoms with Gasteiger partial charge in [-0.05, 0) is 30.2 Å². The van der Waals surface area contributed by atoms with Crippen LogP contribution in [0.3, 0.4) is 0 Å². The number of nitrogens with zero attached hydrogens (tertiary/aromatic N) is 2. The zero-order valence-electron chi connectivity index (χ0n) is 19.3. The lowest BCUT2D eigenvalue weighted by Gasteiger charge is -2.22. The molecule has 8 nitrogen and oxygen atoms in total. The number of hydrazone groups is 1. The third kappa shape index (κ3) is 6.43. The Hall–Kier alpha value is -3.69. The van der Waals surface area contributed by atoms with Gasteiger partial charge in [-0.25, -0.2) is 13.8 Å². The molecule has 0 heterocycles. The molecule has 3 aromatic carbocycles. The topological polar surface area (TPSA) is 97.3 Å². The molecule has 3 rings (SSSR count). The fourth-order valence-corrected chi connectivity index (χ4v) is 4.66. The minimum absolute atomic E-state index is 0.00648. The molecule has 34 heavy (non-hydrogen) atoms. The van der Waals surface area contributed by atoms with Gasteiger partial charge in [-0.2, -0.15) is 9.41 Å². The number of amides is 1. The third-order valence-corrected chi connectivity index (χ3v) is 6.75. The second-order valence-electron chi connectivity index (χ2n) is 7.48. The van der Waals surface area contributed by atoms with Crippen LogP contribution in [0.15, 0.2) is 82.8 Å². The molecular weight excluding hydrogens is 454 g/mol. The van der Waals surface area contributed by atoms with E-state index in [0.29, 0.717) is 5.75 Å². The van der Waals surface area contributed by atoms with E-state index < -0.39 is 22.5 Å². The molecule has 0 spiro atoms. The number of nitrogens with one attached hydrogen (secondary N) is 1. The molecule has 0 aliphatic carbocycles. The van der Waals surface area contributed by atoms with Crippen molar-refractivity contribution in [3.8, 4) is 11.5 Å². The van der Waals surface area contributed by atoms with E-state index in [2.05, 4.69) is 10.5 Å². The SMILES string of the molecule is COc1ccc(S(=O)(=O)N(CC(=O)N/N=C\c2cccc(C)c2)Cc2ccccc2)cc1OC. The van der Waals surface area contributed by atoms with E-state index >= 15 is 0 Å². The summed E-state index contributed by atoms with van der Waals surface area (Å²) in [5, 5.41) is 3.97. The number of carbonyl (C=O) groups is 1. The van der Waals surface area contributed by atoms with Crippen LogP contribution in [0, 0.1) is 6.92 Å². The smallest absolute Gasteiger partial charge is 0.255 e. The van der Waals surface area contributed by atoms with Crippen molar-refractivity contribution in [3.05, 3.63) is 89.5 Å². The van der Waals surface area contributed by atoms with Gasteiger partial charge in [-0.15, -0.1) is 0 Å².